The molecule has 4 rings (SSSR count). The molecule has 24 heavy (non-hydrogen) atoms. The van der Waals surface area contributed by atoms with E-state index in [4.69, 9.17) is 0 Å². The molecule has 0 spiro atoms. The Labute approximate surface area is 143 Å². The number of hydrogen-bond acceptors (Lipinski definition) is 3. The Morgan fingerprint density at radius 3 is 2.96 bits per heavy atom. The van der Waals surface area contributed by atoms with Crippen LogP contribution in [-0.4, -0.2) is 22.3 Å². The summed E-state index contributed by atoms with van der Waals surface area (Å²) in [7, 11) is 0. The van der Waals surface area contributed by atoms with Gasteiger partial charge in [-0.25, -0.2) is 13.8 Å². The predicted molar refractivity (Wildman–Crippen MR) is 87.6 cm³/mol. The molecular formula is C18H18F2N2OS. The Bertz CT molecular complexity index is 749. The Morgan fingerprint density at radius 2 is 2.17 bits per heavy atom. The number of amides is 1. The lowest BCUT2D eigenvalue weighted by molar-refractivity contribution is -0.136. The van der Waals surface area contributed by atoms with Crippen molar-refractivity contribution in [2.45, 2.75) is 37.6 Å². The van der Waals surface area contributed by atoms with E-state index < -0.39 is 11.6 Å². The average molecular weight is 348 g/mol. The van der Waals surface area contributed by atoms with Crippen LogP contribution in [0.25, 0.3) is 0 Å². The van der Waals surface area contributed by atoms with Crippen LogP contribution in [-0.2, 0) is 4.79 Å². The summed E-state index contributed by atoms with van der Waals surface area (Å²) in [6.45, 7) is 0.720. The van der Waals surface area contributed by atoms with Gasteiger partial charge in [-0.05, 0) is 43.2 Å². The van der Waals surface area contributed by atoms with Gasteiger partial charge >= 0.3 is 0 Å². The summed E-state index contributed by atoms with van der Waals surface area (Å²) >= 11 is 1.57. The van der Waals surface area contributed by atoms with Crippen molar-refractivity contribution in [1.82, 2.24) is 9.88 Å². The van der Waals surface area contributed by atoms with Gasteiger partial charge in [0.2, 0.25) is 5.91 Å². The van der Waals surface area contributed by atoms with E-state index in [9.17, 15) is 13.6 Å². The number of aromatic nitrogens is 1. The molecule has 1 aliphatic carbocycles. The normalized spacial score (nSPS) is 26.4. The average Bonchev–Trinajstić information content (AvgIpc) is 3.20. The van der Waals surface area contributed by atoms with Crippen molar-refractivity contribution in [3.05, 3.63) is 52.0 Å². The van der Waals surface area contributed by atoms with Crippen molar-refractivity contribution in [2.24, 2.45) is 5.92 Å². The fraction of sp³-hybridized carbons (Fsp3) is 0.444. The van der Waals surface area contributed by atoms with Crippen LogP contribution in [0.3, 0.4) is 0 Å². The number of piperidine rings is 1. The number of thiazole rings is 1. The maximum atomic E-state index is 14.0. The van der Waals surface area contributed by atoms with Crippen molar-refractivity contribution in [3.8, 4) is 0 Å². The molecule has 0 unspecified atom stereocenters. The fourth-order valence-corrected chi connectivity index (χ4v) is 4.47. The third-order valence-electron chi connectivity index (χ3n) is 5.01. The SMILES string of the molecule is O=C([C@@H]1C[C@H]1c1cccc(F)c1F)N1CCCC[C@@H]1c1nccs1. The zero-order valence-corrected chi connectivity index (χ0v) is 13.9. The number of likely N-dealkylation sites (tertiary alicyclic amines) is 1. The number of rotatable bonds is 3. The number of hydrogen-bond donors (Lipinski definition) is 0. The van der Waals surface area contributed by atoms with Crippen molar-refractivity contribution in [3.63, 3.8) is 0 Å². The second-order valence-electron chi connectivity index (χ2n) is 6.51. The summed E-state index contributed by atoms with van der Waals surface area (Å²) in [6, 6.07) is 4.24. The van der Waals surface area contributed by atoms with E-state index in [0.717, 1.165) is 36.9 Å². The number of carbonyl (C=O) groups is 1. The Kier molecular flexibility index (Phi) is 4.08. The first-order valence-corrected chi connectivity index (χ1v) is 9.18. The largest absolute Gasteiger partial charge is 0.333 e. The van der Waals surface area contributed by atoms with Gasteiger partial charge in [0.05, 0.1) is 6.04 Å². The van der Waals surface area contributed by atoms with Crippen LogP contribution in [0.5, 0.6) is 0 Å². The molecule has 2 heterocycles. The molecule has 3 atom stereocenters. The molecule has 1 amide bonds. The van der Waals surface area contributed by atoms with Gasteiger partial charge in [-0.3, -0.25) is 4.79 Å². The van der Waals surface area contributed by atoms with Crippen LogP contribution in [0.1, 0.15) is 48.2 Å². The van der Waals surface area contributed by atoms with Gasteiger partial charge in [0.25, 0.3) is 0 Å². The highest BCUT2D eigenvalue weighted by molar-refractivity contribution is 7.09. The number of carbonyl (C=O) groups excluding carboxylic acids is 1. The van der Waals surface area contributed by atoms with Gasteiger partial charge in [0, 0.05) is 24.0 Å². The molecule has 1 aliphatic heterocycles. The molecule has 2 aromatic rings. The second kappa shape index (κ2) is 6.24. The van der Waals surface area contributed by atoms with Crippen LogP contribution >= 0.6 is 11.3 Å². The van der Waals surface area contributed by atoms with Crippen molar-refractivity contribution >= 4 is 17.2 Å². The zero-order valence-electron chi connectivity index (χ0n) is 13.1. The monoisotopic (exact) mass is 348 g/mol. The predicted octanol–water partition coefficient (Wildman–Crippen LogP) is 4.28. The first kappa shape index (κ1) is 15.7. The van der Waals surface area contributed by atoms with Crippen LogP contribution in [0.4, 0.5) is 8.78 Å². The molecule has 0 radical (unpaired) electrons. The lowest BCUT2D eigenvalue weighted by Gasteiger charge is -2.34. The van der Waals surface area contributed by atoms with E-state index in [1.807, 2.05) is 10.3 Å². The van der Waals surface area contributed by atoms with Crippen LogP contribution in [0.2, 0.25) is 0 Å². The van der Waals surface area contributed by atoms with Gasteiger partial charge in [0.15, 0.2) is 11.6 Å². The van der Waals surface area contributed by atoms with E-state index in [0.29, 0.717) is 12.0 Å². The van der Waals surface area contributed by atoms with Gasteiger partial charge in [-0.1, -0.05) is 12.1 Å². The smallest absolute Gasteiger partial charge is 0.226 e. The van der Waals surface area contributed by atoms with Crippen molar-refractivity contribution in [1.29, 1.82) is 0 Å². The van der Waals surface area contributed by atoms with Crippen LogP contribution < -0.4 is 0 Å². The molecule has 0 N–H and O–H groups in total. The molecule has 3 nitrogen and oxygen atoms in total. The first-order valence-electron chi connectivity index (χ1n) is 8.30. The highest BCUT2D eigenvalue weighted by Crippen LogP contribution is 2.50. The minimum atomic E-state index is -0.843. The minimum absolute atomic E-state index is 0.0323. The molecule has 6 heteroatoms. The Balaban J connectivity index is 1.53. The summed E-state index contributed by atoms with van der Waals surface area (Å²) in [6.07, 6.45) is 5.35. The van der Waals surface area contributed by atoms with Gasteiger partial charge in [-0.15, -0.1) is 11.3 Å². The van der Waals surface area contributed by atoms with Gasteiger partial charge in [-0.2, -0.15) is 0 Å². The van der Waals surface area contributed by atoms with Gasteiger partial charge < -0.3 is 4.90 Å². The number of halogens is 2. The highest BCUT2D eigenvalue weighted by Gasteiger charge is 2.48. The van der Waals surface area contributed by atoms with E-state index in [1.54, 1.807) is 23.6 Å². The maximum Gasteiger partial charge on any atom is 0.226 e. The van der Waals surface area contributed by atoms with Crippen LogP contribution in [0, 0.1) is 17.6 Å². The second-order valence-corrected chi connectivity index (χ2v) is 7.43. The molecule has 2 fully saturated rings. The fourth-order valence-electron chi connectivity index (χ4n) is 3.68. The quantitative estimate of drug-likeness (QED) is 0.829. The minimum Gasteiger partial charge on any atom is -0.333 e. The third-order valence-corrected chi connectivity index (χ3v) is 5.89. The van der Waals surface area contributed by atoms with Gasteiger partial charge in [0.1, 0.15) is 5.01 Å². The van der Waals surface area contributed by atoms with E-state index in [2.05, 4.69) is 4.98 Å². The van der Waals surface area contributed by atoms with Crippen molar-refractivity contribution < 1.29 is 13.6 Å². The third kappa shape index (κ3) is 2.73. The summed E-state index contributed by atoms with van der Waals surface area (Å²) in [5.41, 5.74) is 0.330. The first-order chi connectivity index (χ1) is 11.7. The molecule has 1 aromatic heterocycles. The maximum absolute atomic E-state index is 14.0. The standard InChI is InChI=1S/C18H18F2N2OS/c19-14-5-3-4-11(16(14)20)12-10-13(12)18(23)22-8-2-1-6-15(22)17-21-7-9-24-17/h3-5,7,9,12-13,15H,1-2,6,8,10H2/t12-,13+,15+/m0/s1. The molecule has 126 valence electrons. The lowest BCUT2D eigenvalue weighted by Crippen LogP contribution is -2.39. The topological polar surface area (TPSA) is 33.2 Å². The molecule has 1 saturated carbocycles. The molecule has 0 bridgehead atoms. The summed E-state index contributed by atoms with van der Waals surface area (Å²) in [4.78, 5) is 19.2. The van der Waals surface area contributed by atoms with Crippen molar-refractivity contribution in [2.75, 3.05) is 6.54 Å². The van der Waals surface area contributed by atoms with E-state index in [1.165, 1.54) is 6.07 Å². The molecule has 1 aromatic carbocycles. The Morgan fingerprint density at radius 1 is 1.29 bits per heavy atom. The molecule has 2 aliphatic rings. The summed E-state index contributed by atoms with van der Waals surface area (Å²) in [5, 5.41) is 2.89. The lowest BCUT2D eigenvalue weighted by atomic mass is 10.0. The number of nitrogens with zero attached hydrogens (tertiary/aromatic N) is 2. The highest BCUT2D eigenvalue weighted by atomic mass is 32.1. The summed E-state index contributed by atoms with van der Waals surface area (Å²) < 4.78 is 27.4. The van der Waals surface area contributed by atoms with Crippen LogP contribution in [0.15, 0.2) is 29.8 Å². The molecular weight excluding hydrogens is 330 g/mol. The van der Waals surface area contributed by atoms with E-state index in [-0.39, 0.29) is 23.8 Å². The zero-order chi connectivity index (χ0) is 16.7. The Hall–Kier alpha value is -1.82. The summed E-state index contributed by atoms with van der Waals surface area (Å²) in [5.74, 6) is -2.03. The number of benzene rings is 1. The molecule has 1 saturated heterocycles. The van der Waals surface area contributed by atoms with E-state index >= 15 is 0 Å².